The monoisotopic (exact) mass is 472 g/mol. The second-order valence-electron chi connectivity index (χ2n) is 8.85. The number of rotatable bonds is 7. The quantitative estimate of drug-likeness (QED) is 0.406. The summed E-state index contributed by atoms with van der Waals surface area (Å²) in [7, 11) is 0. The molecule has 5 nitrogen and oxygen atoms in total. The number of carbonyl (C=O) groups excluding carboxylic acids is 2. The van der Waals surface area contributed by atoms with E-state index in [1.807, 2.05) is 51.1 Å². The topological polar surface area (TPSA) is 67.4 Å². The van der Waals surface area contributed by atoms with E-state index in [9.17, 15) is 9.59 Å². The lowest BCUT2D eigenvalue weighted by Crippen LogP contribution is -2.40. The molecule has 0 aliphatic carbocycles. The van der Waals surface area contributed by atoms with Crippen LogP contribution in [0.3, 0.4) is 0 Å². The minimum absolute atomic E-state index is 0.116. The van der Waals surface area contributed by atoms with Gasteiger partial charge in [-0.1, -0.05) is 49.7 Å². The Kier molecular flexibility index (Phi) is 7.47. The second-order valence-corrected chi connectivity index (χ2v) is 10.2. The Labute approximate surface area is 198 Å². The molecule has 0 saturated heterocycles. The third-order valence-corrected chi connectivity index (χ3v) is 6.80. The molecular weight excluding hydrogens is 444 g/mol. The molecule has 1 atom stereocenters. The average Bonchev–Trinajstić information content (AvgIpc) is 3.09. The van der Waals surface area contributed by atoms with Crippen molar-refractivity contribution < 1.29 is 14.3 Å². The predicted octanol–water partition coefficient (Wildman–Crippen LogP) is 6.61. The number of nitrogens with one attached hydrogen (secondary N) is 2. The lowest BCUT2D eigenvalue weighted by Gasteiger charge is -2.19. The first kappa shape index (κ1) is 24.1. The Bertz CT molecular complexity index is 1120. The van der Waals surface area contributed by atoms with Crippen LogP contribution in [0.4, 0.5) is 5.69 Å². The van der Waals surface area contributed by atoms with E-state index in [4.69, 9.17) is 16.3 Å². The average molecular weight is 473 g/mol. The molecule has 2 aromatic carbocycles. The summed E-state index contributed by atoms with van der Waals surface area (Å²) in [6.07, 6.45) is 1.07. The van der Waals surface area contributed by atoms with Gasteiger partial charge in [0.15, 0.2) is 6.61 Å². The number of anilines is 1. The van der Waals surface area contributed by atoms with E-state index in [1.54, 1.807) is 12.1 Å². The van der Waals surface area contributed by atoms with Gasteiger partial charge in [-0.25, -0.2) is 0 Å². The molecule has 7 heteroatoms. The number of benzene rings is 2. The van der Waals surface area contributed by atoms with E-state index in [-0.39, 0.29) is 24.0 Å². The number of hydrogen-bond acceptors (Lipinski definition) is 4. The number of fused-ring (bicyclic) bond motifs is 1. The van der Waals surface area contributed by atoms with Crippen LogP contribution in [-0.4, -0.2) is 24.0 Å². The molecule has 0 saturated carbocycles. The summed E-state index contributed by atoms with van der Waals surface area (Å²) in [5.74, 6) is 0.616. The predicted molar refractivity (Wildman–Crippen MR) is 133 cm³/mol. The number of thiophene rings is 1. The first-order valence-electron chi connectivity index (χ1n) is 10.6. The molecule has 0 aliphatic rings. The van der Waals surface area contributed by atoms with E-state index in [1.165, 1.54) is 16.9 Å². The molecule has 170 valence electrons. The minimum Gasteiger partial charge on any atom is -0.484 e. The Hall–Kier alpha value is -2.57. The van der Waals surface area contributed by atoms with Crippen molar-refractivity contribution in [3.8, 4) is 5.75 Å². The van der Waals surface area contributed by atoms with E-state index in [2.05, 4.69) is 24.5 Å². The van der Waals surface area contributed by atoms with Gasteiger partial charge in [0.25, 0.3) is 11.8 Å². The van der Waals surface area contributed by atoms with Crippen LogP contribution >= 0.6 is 22.9 Å². The molecule has 0 spiro atoms. The summed E-state index contributed by atoms with van der Waals surface area (Å²) in [5.41, 5.74) is 1.47. The molecule has 32 heavy (non-hydrogen) atoms. The summed E-state index contributed by atoms with van der Waals surface area (Å²) in [6, 6.07) is 13.3. The number of ether oxygens (including phenoxy) is 1. The van der Waals surface area contributed by atoms with Crippen LogP contribution in [0.1, 0.15) is 62.2 Å². The first-order valence-corrected chi connectivity index (χ1v) is 11.8. The highest BCUT2D eigenvalue weighted by Crippen LogP contribution is 2.39. The van der Waals surface area contributed by atoms with Crippen molar-refractivity contribution in [2.45, 2.75) is 52.5 Å². The van der Waals surface area contributed by atoms with Crippen molar-refractivity contribution >= 4 is 50.5 Å². The van der Waals surface area contributed by atoms with Gasteiger partial charge in [-0.2, -0.15) is 0 Å². The Morgan fingerprint density at radius 2 is 1.81 bits per heavy atom. The molecule has 0 fully saturated rings. The standard InChI is InChI=1S/C25H29ClN2O3S/c1-6-15(2)16-10-12-17(13-11-16)31-14-20(29)27-19-9-7-8-18-21(26)23(32-22(18)19)24(30)28-25(3,4)5/h7-13,15H,6,14H2,1-5H3,(H,27,29)(H,28,30)/t15-/m0/s1. The van der Waals surface area contributed by atoms with Crippen LogP contribution < -0.4 is 15.4 Å². The van der Waals surface area contributed by atoms with Crippen molar-refractivity contribution in [3.05, 3.63) is 57.9 Å². The lowest BCUT2D eigenvalue weighted by atomic mass is 9.99. The third kappa shape index (κ3) is 5.81. The van der Waals surface area contributed by atoms with Crippen molar-refractivity contribution in [2.75, 3.05) is 11.9 Å². The van der Waals surface area contributed by atoms with Gasteiger partial charge in [-0.3, -0.25) is 9.59 Å². The molecule has 1 aromatic heterocycles. The fourth-order valence-corrected chi connectivity index (χ4v) is 4.67. The molecule has 3 rings (SSSR count). The zero-order valence-electron chi connectivity index (χ0n) is 19.0. The van der Waals surface area contributed by atoms with Crippen LogP contribution in [0.25, 0.3) is 10.1 Å². The van der Waals surface area contributed by atoms with E-state index in [0.717, 1.165) is 16.5 Å². The van der Waals surface area contributed by atoms with Crippen molar-refractivity contribution in [1.29, 1.82) is 0 Å². The highest BCUT2D eigenvalue weighted by Gasteiger charge is 2.22. The van der Waals surface area contributed by atoms with Gasteiger partial charge in [0.2, 0.25) is 0 Å². The minimum atomic E-state index is -0.377. The molecule has 0 bridgehead atoms. The summed E-state index contributed by atoms with van der Waals surface area (Å²) in [6.45, 7) is 9.95. The van der Waals surface area contributed by atoms with Gasteiger partial charge in [0.1, 0.15) is 10.6 Å². The van der Waals surface area contributed by atoms with Crippen LogP contribution in [0, 0.1) is 0 Å². The van der Waals surface area contributed by atoms with Gasteiger partial charge in [0.05, 0.1) is 15.4 Å². The van der Waals surface area contributed by atoms with E-state index >= 15 is 0 Å². The van der Waals surface area contributed by atoms with Gasteiger partial charge in [-0.15, -0.1) is 11.3 Å². The van der Waals surface area contributed by atoms with E-state index in [0.29, 0.717) is 27.3 Å². The maximum Gasteiger partial charge on any atom is 0.263 e. The molecular formula is C25H29ClN2O3S. The van der Waals surface area contributed by atoms with Gasteiger partial charge in [0, 0.05) is 10.9 Å². The Morgan fingerprint density at radius 1 is 1.12 bits per heavy atom. The van der Waals surface area contributed by atoms with Crippen LogP contribution in [0.5, 0.6) is 5.75 Å². The summed E-state index contributed by atoms with van der Waals surface area (Å²) in [4.78, 5) is 25.6. The van der Waals surface area contributed by atoms with Crippen LogP contribution in [0.15, 0.2) is 42.5 Å². The van der Waals surface area contributed by atoms with Crippen molar-refractivity contribution in [3.63, 3.8) is 0 Å². The van der Waals surface area contributed by atoms with E-state index < -0.39 is 0 Å². The summed E-state index contributed by atoms with van der Waals surface area (Å²) in [5, 5.41) is 6.93. The number of hydrogen-bond donors (Lipinski definition) is 2. The highest BCUT2D eigenvalue weighted by molar-refractivity contribution is 7.22. The Morgan fingerprint density at radius 3 is 2.44 bits per heavy atom. The number of carbonyl (C=O) groups is 2. The number of amides is 2. The number of halogens is 1. The molecule has 0 aliphatic heterocycles. The maximum atomic E-state index is 12.6. The van der Waals surface area contributed by atoms with Crippen LogP contribution in [0.2, 0.25) is 5.02 Å². The van der Waals surface area contributed by atoms with Crippen molar-refractivity contribution in [2.24, 2.45) is 0 Å². The molecule has 1 heterocycles. The normalized spacial score (nSPS) is 12.4. The molecule has 2 N–H and O–H groups in total. The molecule has 0 unspecified atom stereocenters. The summed E-state index contributed by atoms with van der Waals surface area (Å²) >= 11 is 7.75. The SMILES string of the molecule is CC[C@H](C)c1ccc(OCC(=O)Nc2cccc3c(Cl)c(C(=O)NC(C)(C)C)sc23)cc1. The fraction of sp³-hybridized carbons (Fsp3) is 0.360. The molecule has 3 aromatic rings. The van der Waals surface area contributed by atoms with Gasteiger partial charge < -0.3 is 15.4 Å². The van der Waals surface area contributed by atoms with Crippen LogP contribution in [-0.2, 0) is 4.79 Å². The smallest absolute Gasteiger partial charge is 0.263 e. The lowest BCUT2D eigenvalue weighted by molar-refractivity contribution is -0.118. The third-order valence-electron chi connectivity index (χ3n) is 5.06. The van der Waals surface area contributed by atoms with Crippen molar-refractivity contribution in [1.82, 2.24) is 5.32 Å². The second kappa shape index (κ2) is 9.92. The zero-order chi connectivity index (χ0) is 23.5. The maximum absolute atomic E-state index is 12.6. The van der Waals surface area contributed by atoms with Gasteiger partial charge in [-0.05, 0) is 56.9 Å². The molecule has 0 radical (unpaired) electrons. The first-order chi connectivity index (χ1) is 15.1. The Balaban J connectivity index is 1.71. The highest BCUT2D eigenvalue weighted by atomic mass is 35.5. The zero-order valence-corrected chi connectivity index (χ0v) is 20.6. The molecule has 2 amide bonds. The fourth-order valence-electron chi connectivity index (χ4n) is 3.19. The summed E-state index contributed by atoms with van der Waals surface area (Å²) < 4.78 is 6.40. The largest absolute Gasteiger partial charge is 0.484 e. The van der Waals surface area contributed by atoms with Gasteiger partial charge >= 0.3 is 0 Å².